The molecule has 0 radical (unpaired) electrons. The molecule has 178 valence electrons. The van der Waals surface area contributed by atoms with E-state index < -0.39 is 6.04 Å². The van der Waals surface area contributed by atoms with E-state index in [2.05, 4.69) is 24.5 Å². The molecule has 0 spiro atoms. The maximum absolute atomic E-state index is 13.8. The van der Waals surface area contributed by atoms with Gasteiger partial charge in [-0.05, 0) is 66.0 Å². The Balaban J connectivity index is 1.75. The molecule has 4 nitrogen and oxygen atoms in total. The topological polar surface area (TPSA) is 44.4 Å². The van der Waals surface area contributed by atoms with E-state index in [0.717, 1.165) is 34.7 Å². The zero-order chi connectivity index (χ0) is 24.7. The second-order valence-electron chi connectivity index (χ2n) is 9.71. The van der Waals surface area contributed by atoms with Crippen LogP contribution in [0.5, 0.6) is 0 Å². The number of hydrogen-bond donors (Lipinski definition) is 2. The smallest absolute Gasteiger partial charge is 0.178 e. The lowest BCUT2D eigenvalue weighted by molar-refractivity contribution is -0.118. The molecular weight excluding hydrogens is 497 g/mol. The predicted molar refractivity (Wildman–Crippen MR) is 149 cm³/mol. The molecule has 35 heavy (non-hydrogen) atoms. The van der Waals surface area contributed by atoms with Gasteiger partial charge in [0.2, 0.25) is 0 Å². The number of carbonyl (C=O) groups is 1. The molecule has 3 aromatic carbocycles. The summed E-state index contributed by atoms with van der Waals surface area (Å²) in [6, 6.07) is 22.6. The highest BCUT2D eigenvalue weighted by Crippen LogP contribution is 2.49. The monoisotopic (exact) mass is 521 g/mol. The number of hydrogen-bond acceptors (Lipinski definition) is 3. The molecule has 1 aliphatic heterocycles. The average molecular weight is 523 g/mol. The van der Waals surface area contributed by atoms with Crippen molar-refractivity contribution in [2.45, 2.75) is 32.7 Å². The number of thiocarbonyl (C=S) groups is 1. The van der Waals surface area contributed by atoms with Crippen LogP contribution in [-0.4, -0.2) is 10.9 Å². The van der Waals surface area contributed by atoms with E-state index in [4.69, 9.17) is 35.4 Å². The van der Waals surface area contributed by atoms with Crippen molar-refractivity contribution in [3.63, 3.8) is 0 Å². The fourth-order valence-electron chi connectivity index (χ4n) is 4.93. The summed E-state index contributed by atoms with van der Waals surface area (Å²) in [5, 5.41) is 8.44. The third-order valence-electron chi connectivity index (χ3n) is 6.40. The highest BCUT2D eigenvalue weighted by Gasteiger charge is 2.43. The van der Waals surface area contributed by atoms with Gasteiger partial charge in [-0.1, -0.05) is 73.4 Å². The first-order valence-electron chi connectivity index (χ1n) is 11.5. The molecule has 1 heterocycles. The SMILES string of the molecule is CC1(C)CC(=O)C2=C(C1)Nc1ccccc1N(C(=S)Nc1ccccc1)C2c1ccc(Cl)cc1Cl. The van der Waals surface area contributed by atoms with Crippen molar-refractivity contribution in [2.75, 3.05) is 15.5 Å². The number of ketones is 1. The van der Waals surface area contributed by atoms with Crippen molar-refractivity contribution in [3.8, 4) is 0 Å². The molecule has 2 N–H and O–H groups in total. The molecule has 1 atom stereocenters. The molecule has 0 aromatic heterocycles. The van der Waals surface area contributed by atoms with Crippen molar-refractivity contribution in [3.05, 3.63) is 99.7 Å². The highest BCUT2D eigenvalue weighted by molar-refractivity contribution is 7.80. The number of nitrogens with one attached hydrogen (secondary N) is 2. The number of fused-ring (bicyclic) bond motifs is 1. The Morgan fingerprint density at radius 2 is 1.74 bits per heavy atom. The van der Waals surface area contributed by atoms with Crippen LogP contribution in [0.15, 0.2) is 84.1 Å². The quantitative estimate of drug-likeness (QED) is 0.334. The molecule has 3 aromatic rings. The van der Waals surface area contributed by atoms with Crippen molar-refractivity contribution < 1.29 is 4.79 Å². The summed E-state index contributed by atoms with van der Waals surface area (Å²) >= 11 is 19.0. The first-order chi connectivity index (χ1) is 16.7. The molecule has 0 amide bonds. The number of carbonyl (C=O) groups excluding carboxylic acids is 1. The van der Waals surface area contributed by atoms with Gasteiger partial charge in [0, 0.05) is 33.4 Å². The number of allylic oxidation sites excluding steroid dienone is 1. The number of para-hydroxylation sites is 3. The maximum Gasteiger partial charge on any atom is 0.178 e. The Labute approximate surface area is 220 Å². The van der Waals surface area contributed by atoms with Gasteiger partial charge in [-0.25, -0.2) is 0 Å². The average Bonchev–Trinajstić information content (AvgIpc) is 2.93. The molecule has 7 heteroatoms. The number of Topliss-reactive ketones (excluding diaryl/α,β-unsaturated/α-hetero) is 1. The Morgan fingerprint density at radius 3 is 2.49 bits per heavy atom. The van der Waals surface area contributed by atoms with Crippen LogP contribution in [0, 0.1) is 5.41 Å². The molecule has 0 bridgehead atoms. The summed E-state index contributed by atoms with van der Waals surface area (Å²) in [5.41, 5.74) is 4.80. The van der Waals surface area contributed by atoms with Gasteiger partial charge in [0.25, 0.3) is 0 Å². The van der Waals surface area contributed by atoms with E-state index in [1.54, 1.807) is 12.1 Å². The summed E-state index contributed by atoms with van der Waals surface area (Å²) in [4.78, 5) is 15.8. The van der Waals surface area contributed by atoms with Gasteiger partial charge in [-0.3, -0.25) is 4.79 Å². The molecule has 0 saturated carbocycles. The van der Waals surface area contributed by atoms with Crippen molar-refractivity contribution in [2.24, 2.45) is 5.41 Å². The number of benzene rings is 3. The maximum atomic E-state index is 13.8. The lowest BCUT2D eigenvalue weighted by atomic mass is 9.73. The summed E-state index contributed by atoms with van der Waals surface area (Å²) in [6.07, 6.45) is 1.18. The Bertz CT molecular complexity index is 1350. The van der Waals surface area contributed by atoms with Crippen LogP contribution in [0.1, 0.15) is 38.3 Å². The molecule has 1 aliphatic carbocycles. The third kappa shape index (κ3) is 4.68. The predicted octanol–water partition coefficient (Wildman–Crippen LogP) is 8.01. The third-order valence-corrected chi connectivity index (χ3v) is 7.26. The Kier molecular flexibility index (Phi) is 6.34. The minimum atomic E-state index is -0.529. The zero-order valence-corrected chi connectivity index (χ0v) is 21.8. The highest BCUT2D eigenvalue weighted by atomic mass is 35.5. The molecule has 0 fully saturated rings. The van der Waals surface area contributed by atoms with Crippen LogP contribution < -0.4 is 15.5 Å². The molecule has 0 saturated heterocycles. The first-order valence-corrected chi connectivity index (χ1v) is 12.6. The minimum Gasteiger partial charge on any atom is -0.357 e. The number of halogens is 2. The fraction of sp³-hybridized carbons (Fsp3) is 0.214. The fourth-order valence-corrected chi connectivity index (χ4v) is 5.77. The van der Waals surface area contributed by atoms with Gasteiger partial charge in [0.1, 0.15) is 0 Å². The van der Waals surface area contributed by atoms with Gasteiger partial charge in [0.15, 0.2) is 10.9 Å². The van der Waals surface area contributed by atoms with Crippen LogP contribution in [0.25, 0.3) is 0 Å². The van der Waals surface area contributed by atoms with Crippen molar-refractivity contribution >= 4 is 63.4 Å². The van der Waals surface area contributed by atoms with E-state index in [0.29, 0.717) is 27.2 Å². The van der Waals surface area contributed by atoms with Crippen molar-refractivity contribution in [1.29, 1.82) is 0 Å². The summed E-state index contributed by atoms with van der Waals surface area (Å²) < 4.78 is 0. The second kappa shape index (κ2) is 9.30. The van der Waals surface area contributed by atoms with E-state index >= 15 is 0 Å². The van der Waals surface area contributed by atoms with E-state index in [-0.39, 0.29) is 11.2 Å². The van der Waals surface area contributed by atoms with Gasteiger partial charge in [-0.2, -0.15) is 0 Å². The normalized spacial score (nSPS) is 18.8. The Hall–Kier alpha value is -2.86. The number of anilines is 3. The summed E-state index contributed by atoms with van der Waals surface area (Å²) in [7, 11) is 0. The van der Waals surface area contributed by atoms with Crippen LogP contribution >= 0.6 is 35.4 Å². The van der Waals surface area contributed by atoms with Crippen LogP contribution in [-0.2, 0) is 4.79 Å². The second-order valence-corrected chi connectivity index (χ2v) is 10.9. The van der Waals surface area contributed by atoms with Crippen LogP contribution in [0.4, 0.5) is 17.1 Å². The minimum absolute atomic E-state index is 0.0834. The number of rotatable bonds is 2. The standard InChI is InChI=1S/C28H25Cl2N3OS/c1-28(2)15-22-25(24(34)16-28)26(19-13-12-17(29)14-20(19)30)33(23-11-7-6-10-21(23)32-22)27(35)31-18-8-4-3-5-9-18/h3-14,26,32H,15-16H2,1-2H3,(H,31,35). The van der Waals surface area contributed by atoms with Gasteiger partial charge >= 0.3 is 0 Å². The van der Waals surface area contributed by atoms with E-state index in [1.807, 2.05) is 65.6 Å². The molecule has 2 aliphatic rings. The van der Waals surface area contributed by atoms with Gasteiger partial charge in [0.05, 0.1) is 17.4 Å². The van der Waals surface area contributed by atoms with Gasteiger partial charge in [-0.15, -0.1) is 0 Å². The molecular formula is C28H25Cl2N3OS. The molecule has 1 unspecified atom stereocenters. The number of nitrogens with zero attached hydrogens (tertiary/aromatic N) is 1. The molecule has 5 rings (SSSR count). The largest absolute Gasteiger partial charge is 0.357 e. The van der Waals surface area contributed by atoms with Gasteiger partial charge < -0.3 is 15.5 Å². The van der Waals surface area contributed by atoms with E-state index in [1.165, 1.54) is 0 Å². The summed E-state index contributed by atoms with van der Waals surface area (Å²) in [5.74, 6) is 0.0834. The zero-order valence-electron chi connectivity index (χ0n) is 19.4. The van der Waals surface area contributed by atoms with Crippen LogP contribution in [0.2, 0.25) is 10.0 Å². The van der Waals surface area contributed by atoms with E-state index in [9.17, 15) is 4.79 Å². The lowest BCUT2D eigenvalue weighted by Crippen LogP contribution is -2.41. The van der Waals surface area contributed by atoms with Crippen molar-refractivity contribution in [1.82, 2.24) is 0 Å². The first kappa shape index (κ1) is 23.9. The lowest BCUT2D eigenvalue weighted by Gasteiger charge is -2.38. The van der Waals surface area contributed by atoms with Crippen LogP contribution in [0.3, 0.4) is 0 Å². The Morgan fingerprint density at radius 1 is 1.03 bits per heavy atom. The summed E-state index contributed by atoms with van der Waals surface area (Å²) in [6.45, 7) is 4.24.